The van der Waals surface area contributed by atoms with Crippen LogP contribution in [0.5, 0.6) is 0 Å². The Balaban J connectivity index is 0.000000371. The molecule has 0 unspecified atom stereocenters. The molecule has 0 aromatic carbocycles. The Bertz CT molecular complexity index is 169. The zero-order chi connectivity index (χ0) is 7.98. The van der Waals surface area contributed by atoms with Gasteiger partial charge in [0.25, 0.3) is 0 Å². The van der Waals surface area contributed by atoms with Crippen molar-refractivity contribution in [3.8, 4) is 0 Å². The van der Waals surface area contributed by atoms with Crippen LogP contribution >= 0.6 is 0 Å². The topological polar surface area (TPSA) is 30.7 Å². The van der Waals surface area contributed by atoms with Gasteiger partial charge in [-0.25, -0.2) is 4.68 Å². The molecule has 0 N–H and O–H groups in total. The van der Waals surface area contributed by atoms with Crippen molar-refractivity contribution in [2.75, 3.05) is 0 Å². The van der Waals surface area contributed by atoms with Crippen molar-refractivity contribution in [2.45, 2.75) is 34.2 Å². The first-order valence-corrected chi connectivity index (χ1v) is 3.69. The van der Waals surface area contributed by atoms with E-state index in [2.05, 4.69) is 10.3 Å². The largest absolute Gasteiger partial charge is 0.250 e. The van der Waals surface area contributed by atoms with Crippen molar-refractivity contribution >= 4 is 0 Å². The van der Waals surface area contributed by atoms with Gasteiger partial charge >= 0.3 is 0 Å². The van der Waals surface area contributed by atoms with Crippen LogP contribution in [0.1, 0.15) is 26.5 Å². The van der Waals surface area contributed by atoms with Gasteiger partial charge in [-0.1, -0.05) is 19.1 Å². The maximum absolute atomic E-state index is 3.80. The maximum Gasteiger partial charge on any atom is 0.0722 e. The third-order valence-corrected chi connectivity index (χ3v) is 1.11. The van der Waals surface area contributed by atoms with E-state index in [0.717, 1.165) is 12.2 Å². The lowest BCUT2D eigenvalue weighted by Gasteiger charge is -1.92. The van der Waals surface area contributed by atoms with Crippen LogP contribution in [0.3, 0.4) is 0 Å². The Morgan fingerprint density at radius 1 is 1.50 bits per heavy atom. The zero-order valence-electron chi connectivity index (χ0n) is 7.13. The average Bonchev–Trinajstić information content (AvgIpc) is 2.39. The van der Waals surface area contributed by atoms with Gasteiger partial charge < -0.3 is 0 Å². The molecule has 3 nitrogen and oxygen atoms in total. The normalized spacial score (nSPS) is 8.40. The standard InChI is InChI=1S/C5H9N3.C2H6/c1-3-8-5(2)4-6-7-8;1-2/h4H,3H2,1-2H3;1-2H3. The summed E-state index contributed by atoms with van der Waals surface area (Å²) in [5.74, 6) is 0. The van der Waals surface area contributed by atoms with Gasteiger partial charge in [0, 0.05) is 6.54 Å². The molecule has 0 aliphatic carbocycles. The number of nitrogens with zero attached hydrogens (tertiary/aromatic N) is 3. The van der Waals surface area contributed by atoms with Crippen molar-refractivity contribution in [3.63, 3.8) is 0 Å². The molecule has 0 aliphatic rings. The molecule has 1 rings (SSSR count). The van der Waals surface area contributed by atoms with Gasteiger partial charge in [-0.05, 0) is 13.8 Å². The number of rotatable bonds is 1. The minimum Gasteiger partial charge on any atom is -0.250 e. The van der Waals surface area contributed by atoms with E-state index in [0.29, 0.717) is 0 Å². The Morgan fingerprint density at radius 2 is 2.10 bits per heavy atom. The molecule has 1 aromatic heterocycles. The number of aromatic nitrogens is 3. The molecule has 0 fully saturated rings. The van der Waals surface area contributed by atoms with E-state index in [-0.39, 0.29) is 0 Å². The highest BCUT2D eigenvalue weighted by molar-refractivity contribution is 4.87. The Hall–Kier alpha value is -0.860. The predicted molar refractivity (Wildman–Crippen MR) is 41.8 cm³/mol. The van der Waals surface area contributed by atoms with Crippen molar-refractivity contribution < 1.29 is 0 Å². The Labute approximate surface area is 62.1 Å². The molecule has 0 saturated heterocycles. The minimum absolute atomic E-state index is 0.909. The molecule has 1 heterocycles. The third-order valence-electron chi connectivity index (χ3n) is 1.11. The second-order valence-electron chi connectivity index (χ2n) is 1.69. The molecule has 0 bridgehead atoms. The highest BCUT2D eigenvalue weighted by Crippen LogP contribution is 1.89. The molecule has 0 spiro atoms. The average molecular weight is 141 g/mol. The number of hydrogen-bond donors (Lipinski definition) is 0. The van der Waals surface area contributed by atoms with Gasteiger partial charge in [0.2, 0.25) is 0 Å². The summed E-state index contributed by atoms with van der Waals surface area (Å²) in [7, 11) is 0. The maximum atomic E-state index is 3.80. The van der Waals surface area contributed by atoms with Gasteiger partial charge in [-0.3, -0.25) is 0 Å². The van der Waals surface area contributed by atoms with Crippen molar-refractivity contribution in [1.29, 1.82) is 0 Å². The summed E-state index contributed by atoms with van der Waals surface area (Å²) in [5, 5.41) is 7.51. The van der Waals surface area contributed by atoms with Gasteiger partial charge in [-0.2, -0.15) is 0 Å². The first kappa shape index (κ1) is 9.14. The van der Waals surface area contributed by atoms with Crippen LogP contribution in [-0.4, -0.2) is 15.0 Å². The van der Waals surface area contributed by atoms with Crippen LogP contribution in [-0.2, 0) is 6.54 Å². The molecular weight excluding hydrogens is 126 g/mol. The second-order valence-corrected chi connectivity index (χ2v) is 1.69. The molecule has 0 saturated carbocycles. The van der Waals surface area contributed by atoms with E-state index in [9.17, 15) is 0 Å². The van der Waals surface area contributed by atoms with Gasteiger partial charge in [0.1, 0.15) is 0 Å². The van der Waals surface area contributed by atoms with Crippen molar-refractivity contribution in [1.82, 2.24) is 15.0 Å². The number of aryl methyl sites for hydroxylation is 2. The Kier molecular flexibility index (Phi) is 4.54. The molecule has 10 heavy (non-hydrogen) atoms. The van der Waals surface area contributed by atoms with E-state index < -0.39 is 0 Å². The lowest BCUT2D eigenvalue weighted by Crippen LogP contribution is -1.97. The molecule has 0 radical (unpaired) electrons. The van der Waals surface area contributed by atoms with Crippen molar-refractivity contribution in [2.24, 2.45) is 0 Å². The molecule has 0 atom stereocenters. The van der Waals surface area contributed by atoms with Gasteiger partial charge in [0.05, 0.1) is 11.9 Å². The lowest BCUT2D eigenvalue weighted by atomic mass is 10.5. The van der Waals surface area contributed by atoms with E-state index in [1.165, 1.54) is 0 Å². The van der Waals surface area contributed by atoms with Crippen LogP contribution in [0.25, 0.3) is 0 Å². The van der Waals surface area contributed by atoms with Crippen LogP contribution < -0.4 is 0 Å². The highest BCUT2D eigenvalue weighted by Gasteiger charge is 1.90. The van der Waals surface area contributed by atoms with Gasteiger partial charge in [0.15, 0.2) is 0 Å². The van der Waals surface area contributed by atoms with E-state index >= 15 is 0 Å². The summed E-state index contributed by atoms with van der Waals surface area (Å²) >= 11 is 0. The first-order valence-electron chi connectivity index (χ1n) is 3.69. The predicted octanol–water partition coefficient (Wildman–Crippen LogP) is 1.63. The Morgan fingerprint density at radius 3 is 2.30 bits per heavy atom. The molecule has 3 heteroatoms. The number of hydrogen-bond acceptors (Lipinski definition) is 2. The zero-order valence-corrected chi connectivity index (χ0v) is 7.13. The molecule has 0 amide bonds. The summed E-state index contributed by atoms with van der Waals surface area (Å²) in [6.07, 6.45) is 1.75. The van der Waals surface area contributed by atoms with Gasteiger partial charge in [-0.15, -0.1) is 5.10 Å². The summed E-state index contributed by atoms with van der Waals surface area (Å²) in [4.78, 5) is 0. The lowest BCUT2D eigenvalue weighted by molar-refractivity contribution is 0.611. The molecule has 58 valence electrons. The second kappa shape index (κ2) is 4.97. The SMILES string of the molecule is CC.CCn1nncc1C. The van der Waals surface area contributed by atoms with E-state index in [1.807, 2.05) is 32.4 Å². The fourth-order valence-electron chi connectivity index (χ4n) is 0.622. The van der Waals surface area contributed by atoms with E-state index in [4.69, 9.17) is 0 Å². The molecule has 0 aliphatic heterocycles. The summed E-state index contributed by atoms with van der Waals surface area (Å²) in [6.45, 7) is 8.94. The fourth-order valence-corrected chi connectivity index (χ4v) is 0.622. The van der Waals surface area contributed by atoms with Crippen LogP contribution in [0.15, 0.2) is 6.20 Å². The first-order chi connectivity index (χ1) is 4.84. The summed E-state index contributed by atoms with van der Waals surface area (Å²) in [6, 6.07) is 0. The van der Waals surface area contributed by atoms with E-state index in [1.54, 1.807) is 6.20 Å². The van der Waals surface area contributed by atoms with Crippen LogP contribution in [0, 0.1) is 6.92 Å². The van der Waals surface area contributed by atoms with Crippen LogP contribution in [0.4, 0.5) is 0 Å². The minimum atomic E-state index is 0.909. The van der Waals surface area contributed by atoms with Crippen LogP contribution in [0.2, 0.25) is 0 Å². The van der Waals surface area contributed by atoms with Crippen molar-refractivity contribution in [3.05, 3.63) is 11.9 Å². The third kappa shape index (κ3) is 2.17. The highest BCUT2D eigenvalue weighted by atomic mass is 15.4. The molecular formula is C7H15N3. The fraction of sp³-hybridized carbons (Fsp3) is 0.714. The smallest absolute Gasteiger partial charge is 0.0722 e. The monoisotopic (exact) mass is 141 g/mol. The summed E-state index contributed by atoms with van der Waals surface area (Å²) in [5.41, 5.74) is 1.12. The summed E-state index contributed by atoms with van der Waals surface area (Å²) < 4.78 is 1.85. The quantitative estimate of drug-likeness (QED) is 0.595. The molecule has 1 aromatic rings.